The molecule has 2 N–H and O–H groups in total. The molecular formula is C28H21N3O3. The highest BCUT2D eigenvalue weighted by molar-refractivity contribution is 5.93. The summed E-state index contributed by atoms with van der Waals surface area (Å²) >= 11 is 0. The standard InChI is InChI=1S/C28H21N3O3/c1-33-18-9-7-16(8-10-18)26-27-22(20-5-3-4-6-24(20)30-27)13-17(29-26)14-23-21-15-19(34-2)11-12-25(21)31-28(23)32/h3-15,31-32H,1-2H3/b17-14-. The zero-order valence-corrected chi connectivity index (χ0v) is 18.7. The second-order valence-corrected chi connectivity index (χ2v) is 8.09. The van der Waals surface area contributed by atoms with Crippen molar-refractivity contribution in [2.75, 3.05) is 14.2 Å². The number of pyridine rings is 1. The van der Waals surface area contributed by atoms with Crippen LogP contribution in [0.2, 0.25) is 0 Å². The van der Waals surface area contributed by atoms with Crippen LogP contribution in [0.1, 0.15) is 5.56 Å². The maximum atomic E-state index is 10.7. The quantitative estimate of drug-likeness (QED) is 0.410. The topological polar surface area (TPSA) is 79.7 Å². The third kappa shape index (κ3) is 3.19. The minimum atomic E-state index is 0.0848. The van der Waals surface area contributed by atoms with Crippen molar-refractivity contribution in [1.29, 1.82) is 0 Å². The van der Waals surface area contributed by atoms with Crippen molar-refractivity contribution in [2.24, 2.45) is 4.99 Å². The summed E-state index contributed by atoms with van der Waals surface area (Å²) in [7, 11) is 3.27. The number of aromatic nitrogens is 2. The van der Waals surface area contributed by atoms with Crippen LogP contribution in [0.5, 0.6) is 17.4 Å². The molecule has 0 radical (unpaired) electrons. The Kier molecular flexibility index (Phi) is 4.59. The third-order valence-corrected chi connectivity index (χ3v) is 6.12. The van der Waals surface area contributed by atoms with Crippen LogP contribution in [-0.2, 0) is 0 Å². The van der Waals surface area contributed by atoms with Crippen LogP contribution < -0.4 is 20.2 Å². The number of nitrogens with zero attached hydrogens (tertiary/aromatic N) is 2. The van der Waals surface area contributed by atoms with E-state index in [-0.39, 0.29) is 5.88 Å². The van der Waals surface area contributed by atoms with Gasteiger partial charge in [0.05, 0.1) is 36.3 Å². The molecule has 0 spiro atoms. The Morgan fingerprint density at radius 1 is 0.853 bits per heavy atom. The molecule has 6 nitrogen and oxygen atoms in total. The molecule has 6 rings (SSSR count). The van der Waals surface area contributed by atoms with Crippen LogP contribution in [0.15, 0.2) is 77.8 Å². The number of hydrogen-bond acceptors (Lipinski definition) is 5. The van der Waals surface area contributed by atoms with Crippen molar-refractivity contribution >= 4 is 22.7 Å². The van der Waals surface area contributed by atoms with Crippen molar-refractivity contribution in [3.63, 3.8) is 0 Å². The second-order valence-electron chi connectivity index (χ2n) is 8.09. The van der Waals surface area contributed by atoms with Crippen LogP contribution in [-0.4, -0.2) is 29.3 Å². The summed E-state index contributed by atoms with van der Waals surface area (Å²) in [5.41, 5.74) is 6.19. The first-order valence-corrected chi connectivity index (χ1v) is 10.9. The molecule has 0 saturated heterocycles. The number of para-hydroxylation sites is 1. The number of rotatable bonds is 4. The van der Waals surface area contributed by atoms with Gasteiger partial charge >= 0.3 is 0 Å². The average Bonchev–Trinajstić information content (AvgIpc) is 3.40. The normalized spacial score (nSPS) is 12.4. The molecule has 5 aromatic rings. The molecule has 34 heavy (non-hydrogen) atoms. The molecule has 0 saturated carbocycles. The molecule has 0 atom stereocenters. The first-order valence-electron chi connectivity index (χ1n) is 10.9. The highest BCUT2D eigenvalue weighted by atomic mass is 16.5. The zero-order chi connectivity index (χ0) is 23.2. The van der Waals surface area contributed by atoms with E-state index in [1.54, 1.807) is 14.2 Å². The maximum absolute atomic E-state index is 10.7. The summed E-state index contributed by atoms with van der Waals surface area (Å²) in [6.07, 6.45) is 1.89. The number of nitrogens with one attached hydrogen (secondary N) is 1. The van der Waals surface area contributed by atoms with Gasteiger partial charge in [-0.1, -0.05) is 18.2 Å². The van der Waals surface area contributed by atoms with E-state index < -0.39 is 0 Å². The Morgan fingerprint density at radius 3 is 2.41 bits per heavy atom. The minimum absolute atomic E-state index is 0.0848. The Morgan fingerprint density at radius 2 is 1.62 bits per heavy atom. The Balaban J connectivity index is 1.62. The molecule has 2 aromatic heterocycles. The highest BCUT2D eigenvalue weighted by Gasteiger charge is 2.18. The average molecular weight is 447 g/mol. The summed E-state index contributed by atoms with van der Waals surface area (Å²) in [6.45, 7) is 0. The molecule has 3 heterocycles. The van der Waals surface area contributed by atoms with Crippen molar-refractivity contribution in [1.82, 2.24) is 9.97 Å². The highest BCUT2D eigenvalue weighted by Crippen LogP contribution is 2.34. The van der Waals surface area contributed by atoms with Gasteiger partial charge in [-0.25, -0.2) is 9.98 Å². The smallest absolute Gasteiger partial charge is 0.196 e. The fourth-order valence-corrected chi connectivity index (χ4v) is 4.42. The molecule has 0 bridgehead atoms. The molecule has 0 unspecified atom stereocenters. The number of aromatic amines is 1. The molecule has 0 aliphatic carbocycles. The predicted molar refractivity (Wildman–Crippen MR) is 132 cm³/mol. The second kappa shape index (κ2) is 7.78. The van der Waals surface area contributed by atoms with Gasteiger partial charge in [0, 0.05) is 33.2 Å². The molecular weight excluding hydrogens is 426 g/mol. The number of fused-ring (bicyclic) bond motifs is 4. The first kappa shape index (κ1) is 20.1. The van der Waals surface area contributed by atoms with Crippen molar-refractivity contribution < 1.29 is 14.6 Å². The molecule has 0 fully saturated rings. The van der Waals surface area contributed by atoms with E-state index in [0.717, 1.165) is 61.2 Å². The van der Waals surface area contributed by atoms with Gasteiger partial charge in [0.1, 0.15) is 11.5 Å². The third-order valence-electron chi connectivity index (χ3n) is 6.12. The molecule has 0 amide bonds. The summed E-state index contributed by atoms with van der Waals surface area (Å²) < 4.78 is 10.7. The molecule has 1 aliphatic rings. The summed E-state index contributed by atoms with van der Waals surface area (Å²) in [5.74, 6) is 1.58. The van der Waals surface area contributed by atoms with Gasteiger partial charge in [0.15, 0.2) is 5.88 Å². The monoisotopic (exact) mass is 447 g/mol. The van der Waals surface area contributed by atoms with Gasteiger partial charge in [-0.3, -0.25) is 0 Å². The van der Waals surface area contributed by atoms with Crippen LogP contribution in [0, 0.1) is 0 Å². The number of H-pyrrole nitrogens is 1. The van der Waals surface area contributed by atoms with Gasteiger partial charge in [-0.05, 0) is 60.7 Å². The first-order chi connectivity index (χ1) is 16.6. The summed E-state index contributed by atoms with van der Waals surface area (Å²) in [6, 6.07) is 23.5. The number of methoxy groups -OCH3 is 2. The lowest BCUT2D eigenvalue weighted by Gasteiger charge is -2.06. The molecule has 166 valence electrons. The number of benzene rings is 3. The van der Waals surface area contributed by atoms with E-state index in [1.165, 1.54) is 0 Å². The van der Waals surface area contributed by atoms with Gasteiger partial charge in [0.2, 0.25) is 0 Å². The maximum Gasteiger partial charge on any atom is 0.196 e. The van der Waals surface area contributed by atoms with Gasteiger partial charge in [-0.15, -0.1) is 0 Å². The van der Waals surface area contributed by atoms with E-state index >= 15 is 0 Å². The van der Waals surface area contributed by atoms with E-state index in [2.05, 4.69) is 11.1 Å². The lowest BCUT2D eigenvalue weighted by Crippen LogP contribution is -2.19. The van der Waals surface area contributed by atoms with Gasteiger partial charge < -0.3 is 19.6 Å². The molecule has 3 aromatic carbocycles. The lowest BCUT2D eigenvalue weighted by molar-refractivity contribution is 0.415. The van der Waals surface area contributed by atoms with E-state index in [4.69, 9.17) is 19.5 Å². The fourth-order valence-electron chi connectivity index (χ4n) is 4.42. The van der Waals surface area contributed by atoms with E-state index in [0.29, 0.717) is 5.56 Å². The van der Waals surface area contributed by atoms with Crippen molar-refractivity contribution in [3.05, 3.63) is 89.1 Å². The summed E-state index contributed by atoms with van der Waals surface area (Å²) in [5, 5.41) is 13.1. The fraction of sp³-hybridized carbons (Fsp3) is 0.0714. The number of hydrogen-bond donors (Lipinski definition) is 2. The van der Waals surface area contributed by atoms with E-state index in [1.807, 2.05) is 72.8 Å². The number of ether oxygens (including phenoxy) is 2. The Bertz CT molecular complexity index is 1690. The SMILES string of the molecule is COc1ccc(-c2n/c(=C\c3c(O)[nH]c4ccc(OC)cc34)cc3c2=Nc2ccccc2-3)cc1. The lowest BCUT2D eigenvalue weighted by atomic mass is 10.0. The summed E-state index contributed by atoms with van der Waals surface area (Å²) in [4.78, 5) is 12.9. The van der Waals surface area contributed by atoms with Crippen LogP contribution in [0.4, 0.5) is 5.69 Å². The van der Waals surface area contributed by atoms with Crippen molar-refractivity contribution in [2.45, 2.75) is 0 Å². The Hall–Kier alpha value is -4.58. The Labute approximate surface area is 195 Å². The number of aromatic hydroxyl groups is 1. The largest absolute Gasteiger partial charge is 0.497 e. The van der Waals surface area contributed by atoms with E-state index in [9.17, 15) is 5.11 Å². The van der Waals surface area contributed by atoms with Crippen molar-refractivity contribution in [3.8, 4) is 39.8 Å². The van der Waals surface area contributed by atoms with Gasteiger partial charge in [-0.2, -0.15) is 0 Å². The van der Waals surface area contributed by atoms with Crippen LogP contribution in [0.3, 0.4) is 0 Å². The van der Waals surface area contributed by atoms with Gasteiger partial charge in [0.25, 0.3) is 0 Å². The predicted octanol–water partition coefficient (Wildman–Crippen LogP) is 4.71. The molecule has 1 aliphatic heterocycles. The van der Waals surface area contributed by atoms with Crippen LogP contribution in [0.25, 0.3) is 39.4 Å². The zero-order valence-electron chi connectivity index (χ0n) is 18.7. The molecule has 6 heteroatoms. The minimum Gasteiger partial charge on any atom is -0.497 e. The van der Waals surface area contributed by atoms with Crippen LogP contribution >= 0.6 is 0 Å².